The number of hydrogen-bond acceptors (Lipinski definition) is 5. The van der Waals surface area contributed by atoms with E-state index >= 15 is 0 Å². The van der Waals surface area contributed by atoms with E-state index in [1.165, 1.54) is 12.8 Å². The molecule has 2 fully saturated rings. The second-order valence-corrected chi connectivity index (χ2v) is 6.10. The second-order valence-electron chi connectivity index (χ2n) is 6.10. The van der Waals surface area contributed by atoms with E-state index in [2.05, 4.69) is 20.1 Å². The van der Waals surface area contributed by atoms with Crippen molar-refractivity contribution in [2.24, 2.45) is 0 Å². The molecule has 1 atom stereocenters. The number of amides is 1. The summed E-state index contributed by atoms with van der Waals surface area (Å²) in [5.74, 6) is 1.78. The summed E-state index contributed by atoms with van der Waals surface area (Å²) in [5.41, 5.74) is 2.07. The fourth-order valence-corrected chi connectivity index (χ4v) is 3.06. The smallest absolute Gasteiger partial charge is 0.239 e. The Bertz CT molecular complexity index is 553. The molecule has 2 aliphatic heterocycles. The lowest BCUT2D eigenvalue weighted by Crippen LogP contribution is -2.53. The summed E-state index contributed by atoms with van der Waals surface area (Å²) < 4.78 is 0. The number of piperazine rings is 1. The van der Waals surface area contributed by atoms with Crippen LogP contribution in [0.5, 0.6) is 0 Å². The summed E-state index contributed by atoms with van der Waals surface area (Å²) in [6, 6.07) is 0.149. The Balaban J connectivity index is 1.94. The van der Waals surface area contributed by atoms with Crippen molar-refractivity contribution in [1.29, 1.82) is 0 Å². The molecule has 0 unspecified atom stereocenters. The molecule has 1 aromatic rings. The zero-order valence-corrected chi connectivity index (χ0v) is 13.0. The summed E-state index contributed by atoms with van der Waals surface area (Å²) in [6.07, 6.45) is 2.41. The summed E-state index contributed by atoms with van der Waals surface area (Å²) in [7, 11) is 0. The van der Waals surface area contributed by atoms with Crippen LogP contribution in [0.1, 0.15) is 31.0 Å². The first-order chi connectivity index (χ1) is 10.0. The van der Waals surface area contributed by atoms with Gasteiger partial charge in [0.05, 0.1) is 6.54 Å². The average molecular weight is 289 g/mol. The molecular formula is C15H23N5O. The van der Waals surface area contributed by atoms with Crippen molar-refractivity contribution in [3.8, 4) is 0 Å². The lowest BCUT2D eigenvalue weighted by atomic mass is 10.2. The first-order valence-electron chi connectivity index (χ1n) is 7.69. The maximum Gasteiger partial charge on any atom is 0.239 e. The highest BCUT2D eigenvalue weighted by Crippen LogP contribution is 2.25. The number of aromatic nitrogens is 2. The molecular weight excluding hydrogens is 266 g/mol. The van der Waals surface area contributed by atoms with Crippen LogP contribution in [0.25, 0.3) is 0 Å². The van der Waals surface area contributed by atoms with Gasteiger partial charge in [0.25, 0.3) is 0 Å². The van der Waals surface area contributed by atoms with Gasteiger partial charge in [0.2, 0.25) is 11.9 Å². The van der Waals surface area contributed by atoms with Crippen LogP contribution in [0, 0.1) is 13.8 Å². The lowest BCUT2D eigenvalue weighted by Gasteiger charge is -2.33. The Morgan fingerprint density at radius 1 is 1.14 bits per heavy atom. The van der Waals surface area contributed by atoms with Crippen molar-refractivity contribution in [1.82, 2.24) is 15.3 Å². The quantitative estimate of drug-likeness (QED) is 0.881. The number of carbonyl (C=O) groups is 1. The molecule has 6 nitrogen and oxygen atoms in total. The first-order valence-corrected chi connectivity index (χ1v) is 7.69. The van der Waals surface area contributed by atoms with Crippen molar-refractivity contribution < 1.29 is 4.79 Å². The summed E-state index contributed by atoms with van der Waals surface area (Å²) in [5, 5.41) is 2.95. The number of rotatable bonds is 2. The zero-order valence-electron chi connectivity index (χ0n) is 13.0. The van der Waals surface area contributed by atoms with E-state index in [9.17, 15) is 4.79 Å². The van der Waals surface area contributed by atoms with Crippen molar-refractivity contribution in [2.75, 3.05) is 36.0 Å². The van der Waals surface area contributed by atoms with Crippen LogP contribution >= 0.6 is 0 Å². The van der Waals surface area contributed by atoms with E-state index in [0.29, 0.717) is 6.54 Å². The Hall–Kier alpha value is -1.85. The van der Waals surface area contributed by atoms with Crippen LogP contribution in [0.4, 0.5) is 11.8 Å². The Morgan fingerprint density at radius 2 is 1.86 bits per heavy atom. The maximum atomic E-state index is 11.8. The molecule has 3 heterocycles. The second kappa shape index (κ2) is 5.50. The van der Waals surface area contributed by atoms with Gasteiger partial charge in [0.15, 0.2) is 0 Å². The fourth-order valence-electron chi connectivity index (χ4n) is 3.06. The van der Waals surface area contributed by atoms with E-state index in [-0.39, 0.29) is 11.9 Å². The van der Waals surface area contributed by atoms with Crippen LogP contribution in [-0.2, 0) is 4.79 Å². The van der Waals surface area contributed by atoms with Gasteiger partial charge in [-0.05, 0) is 33.6 Å². The van der Waals surface area contributed by atoms with E-state index < -0.39 is 0 Å². The van der Waals surface area contributed by atoms with E-state index in [1.807, 2.05) is 20.8 Å². The van der Waals surface area contributed by atoms with Crippen LogP contribution < -0.4 is 15.1 Å². The molecule has 0 bridgehead atoms. The standard InChI is InChI=1S/C15H23N5O/c1-10-8-20(9-13(21)16-10)14-11(2)12(3)17-15(18-14)19-6-4-5-7-19/h10H,4-9H2,1-3H3,(H,16,21)/t10-/m1/s1. The highest BCUT2D eigenvalue weighted by Gasteiger charge is 2.26. The molecule has 0 radical (unpaired) electrons. The van der Waals surface area contributed by atoms with Crippen LogP contribution in [0.3, 0.4) is 0 Å². The maximum absolute atomic E-state index is 11.8. The number of carbonyl (C=O) groups excluding carboxylic acids is 1. The minimum absolute atomic E-state index is 0.0622. The highest BCUT2D eigenvalue weighted by molar-refractivity contribution is 5.83. The molecule has 6 heteroatoms. The van der Waals surface area contributed by atoms with E-state index in [0.717, 1.165) is 42.7 Å². The molecule has 21 heavy (non-hydrogen) atoms. The largest absolute Gasteiger partial charge is 0.350 e. The van der Waals surface area contributed by atoms with E-state index in [1.54, 1.807) is 0 Å². The van der Waals surface area contributed by atoms with Gasteiger partial charge >= 0.3 is 0 Å². The average Bonchev–Trinajstić information content (AvgIpc) is 2.94. The molecule has 1 N–H and O–H groups in total. The monoisotopic (exact) mass is 289 g/mol. The van der Waals surface area contributed by atoms with Crippen molar-refractivity contribution in [2.45, 2.75) is 39.7 Å². The third-order valence-electron chi connectivity index (χ3n) is 4.28. The minimum atomic E-state index is 0.0622. The van der Waals surface area contributed by atoms with Crippen molar-refractivity contribution >= 4 is 17.7 Å². The van der Waals surface area contributed by atoms with Gasteiger partial charge in [-0.15, -0.1) is 0 Å². The van der Waals surface area contributed by atoms with Crippen LogP contribution in [0.2, 0.25) is 0 Å². The molecule has 0 aliphatic carbocycles. The summed E-state index contributed by atoms with van der Waals surface area (Å²) in [6.45, 7) is 9.30. The Labute approximate surface area is 125 Å². The first kappa shape index (κ1) is 14.1. The van der Waals surface area contributed by atoms with Crippen LogP contribution in [-0.4, -0.2) is 48.1 Å². The SMILES string of the molecule is Cc1nc(N2CCCC2)nc(N2CC(=O)N[C@H](C)C2)c1C. The third-order valence-corrected chi connectivity index (χ3v) is 4.28. The van der Waals surface area contributed by atoms with Gasteiger partial charge in [0, 0.05) is 36.9 Å². The minimum Gasteiger partial charge on any atom is -0.350 e. The zero-order chi connectivity index (χ0) is 15.0. The molecule has 1 amide bonds. The molecule has 2 saturated heterocycles. The van der Waals surface area contributed by atoms with Crippen LogP contribution in [0.15, 0.2) is 0 Å². The topological polar surface area (TPSA) is 61.4 Å². The Kier molecular flexibility index (Phi) is 3.69. The summed E-state index contributed by atoms with van der Waals surface area (Å²) >= 11 is 0. The molecule has 0 spiro atoms. The number of hydrogen-bond donors (Lipinski definition) is 1. The molecule has 0 aromatic carbocycles. The van der Waals surface area contributed by atoms with Gasteiger partial charge in [-0.25, -0.2) is 4.98 Å². The molecule has 3 rings (SSSR count). The van der Waals surface area contributed by atoms with E-state index in [4.69, 9.17) is 4.98 Å². The van der Waals surface area contributed by atoms with Gasteiger partial charge in [-0.3, -0.25) is 4.79 Å². The van der Waals surface area contributed by atoms with Gasteiger partial charge in [-0.2, -0.15) is 4.98 Å². The van der Waals surface area contributed by atoms with Gasteiger partial charge < -0.3 is 15.1 Å². The third kappa shape index (κ3) is 2.80. The van der Waals surface area contributed by atoms with Gasteiger partial charge in [0.1, 0.15) is 5.82 Å². The Morgan fingerprint density at radius 3 is 2.52 bits per heavy atom. The molecule has 1 aromatic heterocycles. The van der Waals surface area contributed by atoms with Gasteiger partial charge in [-0.1, -0.05) is 0 Å². The van der Waals surface area contributed by atoms with Crippen molar-refractivity contribution in [3.63, 3.8) is 0 Å². The fraction of sp³-hybridized carbons (Fsp3) is 0.667. The molecule has 2 aliphatic rings. The predicted molar refractivity (Wildman–Crippen MR) is 82.8 cm³/mol. The number of anilines is 2. The number of aryl methyl sites for hydroxylation is 1. The normalized spacial score (nSPS) is 22.6. The molecule has 114 valence electrons. The summed E-state index contributed by atoms with van der Waals surface area (Å²) in [4.78, 5) is 25.5. The predicted octanol–water partition coefficient (Wildman–Crippen LogP) is 1.02. The number of nitrogens with zero attached hydrogens (tertiary/aromatic N) is 4. The highest BCUT2D eigenvalue weighted by atomic mass is 16.2. The van der Waals surface area contributed by atoms with Crippen molar-refractivity contribution in [3.05, 3.63) is 11.3 Å². The number of nitrogens with one attached hydrogen (secondary N) is 1. The molecule has 0 saturated carbocycles. The lowest BCUT2D eigenvalue weighted by molar-refractivity contribution is -0.121.